The number of carbonyl (C=O) groups is 1. The first-order valence-corrected chi connectivity index (χ1v) is 4.73. The minimum atomic E-state index is -0.0971. The molecule has 0 saturated heterocycles. The highest BCUT2D eigenvalue weighted by Crippen LogP contribution is 2.13. The quantitative estimate of drug-likeness (QED) is 0.253. The molecule has 0 aliphatic carbocycles. The van der Waals surface area contributed by atoms with Gasteiger partial charge in [-0.1, -0.05) is 0 Å². The van der Waals surface area contributed by atoms with Crippen LogP contribution in [0.3, 0.4) is 0 Å². The van der Waals surface area contributed by atoms with E-state index in [0.717, 1.165) is 11.4 Å². The Labute approximate surface area is 93.9 Å². The fourth-order valence-electron chi connectivity index (χ4n) is 1.13. The minimum absolute atomic E-state index is 0.0971. The van der Waals surface area contributed by atoms with Crippen molar-refractivity contribution in [3.8, 4) is 0 Å². The molecule has 1 rings (SSSR count). The third kappa shape index (κ3) is 3.58. The van der Waals surface area contributed by atoms with Crippen LogP contribution in [0, 0.1) is 0 Å². The topological polar surface area (TPSA) is 91.5 Å². The standard InChI is InChI=1S/C10H15N5O/c1-7(16)13-8-3-5-9(6-4-8)14-10(12-2)15-11/h3-6H,11H2,1-2H3,(H,13,16)(H2,12,14,15). The lowest BCUT2D eigenvalue weighted by molar-refractivity contribution is -0.114. The van der Waals surface area contributed by atoms with Crippen molar-refractivity contribution >= 4 is 23.2 Å². The fourth-order valence-corrected chi connectivity index (χ4v) is 1.13. The molecule has 0 radical (unpaired) electrons. The van der Waals surface area contributed by atoms with Gasteiger partial charge in [0.05, 0.1) is 0 Å². The summed E-state index contributed by atoms with van der Waals surface area (Å²) in [5, 5.41) is 5.64. The molecule has 16 heavy (non-hydrogen) atoms. The second-order valence-electron chi connectivity index (χ2n) is 3.10. The van der Waals surface area contributed by atoms with Crippen molar-refractivity contribution in [1.29, 1.82) is 0 Å². The summed E-state index contributed by atoms with van der Waals surface area (Å²) in [7, 11) is 1.62. The van der Waals surface area contributed by atoms with Crippen molar-refractivity contribution in [2.75, 3.05) is 17.7 Å². The van der Waals surface area contributed by atoms with Gasteiger partial charge in [-0.05, 0) is 24.3 Å². The Bertz CT molecular complexity index is 385. The van der Waals surface area contributed by atoms with Crippen molar-refractivity contribution in [2.24, 2.45) is 10.8 Å². The van der Waals surface area contributed by atoms with Gasteiger partial charge in [0.2, 0.25) is 11.9 Å². The molecule has 0 aromatic heterocycles. The predicted molar refractivity (Wildman–Crippen MR) is 65.1 cm³/mol. The van der Waals surface area contributed by atoms with Crippen molar-refractivity contribution in [1.82, 2.24) is 5.43 Å². The minimum Gasteiger partial charge on any atom is -0.326 e. The zero-order valence-electron chi connectivity index (χ0n) is 9.24. The molecule has 86 valence electrons. The van der Waals surface area contributed by atoms with Crippen LogP contribution in [0.2, 0.25) is 0 Å². The van der Waals surface area contributed by atoms with Crippen LogP contribution in [0.15, 0.2) is 29.3 Å². The summed E-state index contributed by atoms with van der Waals surface area (Å²) in [5.74, 6) is 5.59. The first kappa shape index (κ1) is 12.0. The Morgan fingerprint density at radius 1 is 1.19 bits per heavy atom. The third-order valence-electron chi connectivity index (χ3n) is 1.83. The molecular weight excluding hydrogens is 206 g/mol. The Kier molecular flexibility index (Phi) is 4.28. The molecule has 0 heterocycles. The molecule has 1 amide bonds. The van der Waals surface area contributed by atoms with Gasteiger partial charge in [-0.2, -0.15) is 0 Å². The summed E-state index contributed by atoms with van der Waals surface area (Å²) in [6.45, 7) is 1.46. The van der Waals surface area contributed by atoms with Crippen molar-refractivity contribution in [2.45, 2.75) is 6.92 Å². The summed E-state index contributed by atoms with van der Waals surface area (Å²) < 4.78 is 0. The van der Waals surface area contributed by atoms with Gasteiger partial charge < -0.3 is 10.6 Å². The van der Waals surface area contributed by atoms with Crippen molar-refractivity contribution in [3.63, 3.8) is 0 Å². The van der Waals surface area contributed by atoms with Crippen LogP contribution in [0.5, 0.6) is 0 Å². The third-order valence-corrected chi connectivity index (χ3v) is 1.83. The van der Waals surface area contributed by atoms with Gasteiger partial charge in [0.15, 0.2) is 0 Å². The first-order chi connectivity index (χ1) is 7.65. The number of nitrogens with two attached hydrogens (primary N) is 1. The average molecular weight is 221 g/mol. The molecule has 0 unspecified atom stereocenters. The molecular formula is C10H15N5O. The number of anilines is 2. The number of hydrogen-bond donors (Lipinski definition) is 4. The van der Waals surface area contributed by atoms with Gasteiger partial charge in [-0.25, -0.2) is 5.84 Å². The normalized spacial score (nSPS) is 10.8. The van der Waals surface area contributed by atoms with Crippen LogP contribution in [0.25, 0.3) is 0 Å². The zero-order chi connectivity index (χ0) is 12.0. The SMILES string of the molecule is CN=C(NN)Nc1ccc(NC(C)=O)cc1. The summed E-state index contributed by atoms with van der Waals surface area (Å²) in [4.78, 5) is 14.7. The van der Waals surface area contributed by atoms with Crippen LogP contribution in [-0.2, 0) is 4.79 Å². The number of aliphatic imine (C=N–C) groups is 1. The Morgan fingerprint density at radius 3 is 2.06 bits per heavy atom. The Hall–Kier alpha value is -2.08. The van der Waals surface area contributed by atoms with Crippen LogP contribution in [-0.4, -0.2) is 18.9 Å². The molecule has 0 aliphatic rings. The van der Waals surface area contributed by atoms with E-state index in [4.69, 9.17) is 5.84 Å². The fraction of sp³-hybridized carbons (Fsp3) is 0.200. The van der Waals surface area contributed by atoms with Gasteiger partial charge >= 0.3 is 0 Å². The summed E-state index contributed by atoms with van der Waals surface area (Å²) in [5.41, 5.74) is 3.99. The summed E-state index contributed by atoms with van der Waals surface area (Å²) >= 11 is 0. The molecule has 0 spiro atoms. The van der Waals surface area contributed by atoms with Gasteiger partial charge in [0.25, 0.3) is 0 Å². The number of hydrogen-bond acceptors (Lipinski definition) is 3. The predicted octanol–water partition coefficient (Wildman–Crippen LogP) is 0.506. The van der Waals surface area contributed by atoms with E-state index in [0.29, 0.717) is 5.96 Å². The van der Waals surface area contributed by atoms with E-state index in [9.17, 15) is 4.79 Å². The molecule has 0 bridgehead atoms. The number of carbonyl (C=O) groups excluding carboxylic acids is 1. The Balaban J connectivity index is 2.68. The highest BCUT2D eigenvalue weighted by Gasteiger charge is 1.98. The number of guanidine groups is 1. The van der Waals surface area contributed by atoms with Crippen LogP contribution in [0.4, 0.5) is 11.4 Å². The second-order valence-corrected chi connectivity index (χ2v) is 3.10. The lowest BCUT2D eigenvalue weighted by Crippen LogP contribution is -2.36. The lowest BCUT2D eigenvalue weighted by Gasteiger charge is -2.08. The molecule has 0 atom stereocenters. The highest BCUT2D eigenvalue weighted by atomic mass is 16.1. The maximum atomic E-state index is 10.8. The number of hydrazine groups is 1. The maximum absolute atomic E-state index is 10.8. The number of benzene rings is 1. The van der Waals surface area contributed by atoms with Crippen molar-refractivity contribution < 1.29 is 4.79 Å². The first-order valence-electron chi connectivity index (χ1n) is 4.73. The molecule has 0 fully saturated rings. The van der Waals surface area contributed by atoms with Crippen LogP contribution < -0.4 is 21.9 Å². The average Bonchev–Trinajstić information content (AvgIpc) is 2.27. The maximum Gasteiger partial charge on any atom is 0.221 e. The van der Waals surface area contributed by atoms with Gasteiger partial charge in [-0.3, -0.25) is 15.2 Å². The molecule has 0 saturated carbocycles. The van der Waals surface area contributed by atoms with E-state index < -0.39 is 0 Å². The number of nitrogens with one attached hydrogen (secondary N) is 3. The lowest BCUT2D eigenvalue weighted by atomic mass is 10.3. The molecule has 5 N–H and O–H groups in total. The van der Waals surface area contributed by atoms with E-state index in [-0.39, 0.29) is 5.91 Å². The van der Waals surface area contributed by atoms with E-state index in [1.54, 1.807) is 19.2 Å². The molecule has 0 aliphatic heterocycles. The Morgan fingerprint density at radius 2 is 1.69 bits per heavy atom. The van der Waals surface area contributed by atoms with Crippen molar-refractivity contribution in [3.05, 3.63) is 24.3 Å². The smallest absolute Gasteiger partial charge is 0.221 e. The zero-order valence-corrected chi connectivity index (χ0v) is 9.24. The molecule has 1 aromatic rings. The van der Waals surface area contributed by atoms with Gasteiger partial charge in [-0.15, -0.1) is 0 Å². The van der Waals surface area contributed by atoms with E-state index in [1.807, 2.05) is 12.1 Å². The molecule has 6 nitrogen and oxygen atoms in total. The number of amides is 1. The number of rotatable bonds is 2. The van der Waals surface area contributed by atoms with E-state index in [2.05, 4.69) is 21.1 Å². The van der Waals surface area contributed by atoms with Gasteiger partial charge in [0, 0.05) is 25.3 Å². The monoisotopic (exact) mass is 221 g/mol. The molecule has 1 aromatic carbocycles. The van der Waals surface area contributed by atoms with Crippen LogP contribution >= 0.6 is 0 Å². The van der Waals surface area contributed by atoms with Crippen LogP contribution in [0.1, 0.15) is 6.92 Å². The largest absolute Gasteiger partial charge is 0.326 e. The second kappa shape index (κ2) is 5.72. The highest BCUT2D eigenvalue weighted by molar-refractivity contribution is 5.93. The summed E-state index contributed by atoms with van der Waals surface area (Å²) in [6, 6.07) is 7.20. The van der Waals surface area contributed by atoms with E-state index in [1.165, 1.54) is 6.92 Å². The number of nitrogens with zero attached hydrogens (tertiary/aromatic N) is 1. The van der Waals surface area contributed by atoms with Gasteiger partial charge in [0.1, 0.15) is 0 Å². The molecule has 6 heteroatoms. The summed E-state index contributed by atoms with van der Waals surface area (Å²) in [6.07, 6.45) is 0. The van der Waals surface area contributed by atoms with E-state index >= 15 is 0 Å².